The number of hydrogen-bond acceptors (Lipinski definition) is 5. The molecule has 8 heteroatoms. The van der Waals surface area contributed by atoms with Crippen molar-refractivity contribution in [3.8, 4) is 5.75 Å². The van der Waals surface area contributed by atoms with E-state index in [0.717, 1.165) is 12.5 Å². The molecule has 0 aliphatic carbocycles. The summed E-state index contributed by atoms with van der Waals surface area (Å²) < 4.78 is 28.6. The first-order valence-corrected chi connectivity index (χ1v) is 7.75. The molecule has 130 valence electrons. The Kier molecular flexibility index (Phi) is 6.57. The van der Waals surface area contributed by atoms with Crippen molar-refractivity contribution in [1.29, 1.82) is 0 Å². The Morgan fingerprint density at radius 1 is 1.46 bits per heavy atom. The number of nitrogens with one attached hydrogen (secondary N) is 1. The van der Waals surface area contributed by atoms with E-state index in [2.05, 4.69) is 10.5 Å². The zero-order chi connectivity index (χ0) is 17.5. The summed E-state index contributed by atoms with van der Waals surface area (Å²) in [4.78, 5) is 12.0. The van der Waals surface area contributed by atoms with Crippen molar-refractivity contribution in [2.24, 2.45) is 0 Å². The maximum absolute atomic E-state index is 13.0. The number of rotatable bonds is 8. The van der Waals surface area contributed by atoms with E-state index in [1.165, 1.54) is 18.2 Å². The molecule has 1 amide bonds. The molecule has 2 aromatic rings. The molecule has 0 aliphatic heterocycles. The highest BCUT2D eigenvalue weighted by Crippen LogP contribution is 2.25. The van der Waals surface area contributed by atoms with Crippen LogP contribution in [-0.4, -0.2) is 30.8 Å². The first-order valence-electron chi connectivity index (χ1n) is 7.38. The van der Waals surface area contributed by atoms with Crippen LogP contribution in [0.2, 0.25) is 5.02 Å². The predicted octanol–water partition coefficient (Wildman–Crippen LogP) is 3.20. The molecule has 24 heavy (non-hydrogen) atoms. The molecule has 1 aromatic heterocycles. The van der Waals surface area contributed by atoms with Gasteiger partial charge >= 0.3 is 0 Å². The zero-order valence-corrected chi connectivity index (χ0v) is 14.1. The molecule has 0 fully saturated rings. The molecule has 1 unspecified atom stereocenters. The number of methoxy groups -OCH3 is 1. The Hall–Kier alpha value is -2.12. The van der Waals surface area contributed by atoms with Crippen LogP contribution in [0.4, 0.5) is 4.39 Å². The molecule has 0 bridgehead atoms. The van der Waals surface area contributed by atoms with E-state index in [0.29, 0.717) is 18.1 Å². The lowest BCUT2D eigenvalue weighted by Gasteiger charge is -2.12. The molecule has 6 nitrogen and oxygen atoms in total. The van der Waals surface area contributed by atoms with Crippen molar-refractivity contribution >= 4 is 17.5 Å². The van der Waals surface area contributed by atoms with E-state index in [1.54, 1.807) is 7.11 Å². The standard InChI is InChI=1S/C16H18ClFN2O4/c1-3-11(22-2)8-19-16(21)14-7-12(24-20-14)9-23-15-5-4-10(18)6-13(15)17/h4-7,11H,3,8-9H2,1-2H3,(H,19,21). The minimum Gasteiger partial charge on any atom is -0.484 e. The number of hydrogen-bond donors (Lipinski definition) is 1. The third-order valence-electron chi connectivity index (χ3n) is 3.33. The summed E-state index contributed by atoms with van der Waals surface area (Å²) in [5, 5.41) is 6.56. The Labute approximate surface area is 143 Å². The molecule has 0 spiro atoms. The van der Waals surface area contributed by atoms with E-state index >= 15 is 0 Å². The summed E-state index contributed by atoms with van der Waals surface area (Å²) in [7, 11) is 1.59. The number of ether oxygens (including phenoxy) is 2. The second-order valence-electron chi connectivity index (χ2n) is 5.02. The van der Waals surface area contributed by atoms with E-state index in [-0.39, 0.29) is 29.3 Å². The lowest BCUT2D eigenvalue weighted by atomic mass is 10.2. The third-order valence-corrected chi connectivity index (χ3v) is 3.63. The van der Waals surface area contributed by atoms with Crippen molar-refractivity contribution < 1.29 is 23.2 Å². The van der Waals surface area contributed by atoms with Gasteiger partial charge in [0.15, 0.2) is 11.5 Å². The van der Waals surface area contributed by atoms with Crippen LogP contribution in [0.1, 0.15) is 29.6 Å². The maximum atomic E-state index is 13.0. The third kappa shape index (κ3) is 4.94. The van der Waals surface area contributed by atoms with Crippen LogP contribution >= 0.6 is 11.6 Å². The van der Waals surface area contributed by atoms with E-state index in [9.17, 15) is 9.18 Å². The van der Waals surface area contributed by atoms with E-state index in [1.807, 2.05) is 6.92 Å². The summed E-state index contributed by atoms with van der Waals surface area (Å²) in [5.41, 5.74) is 0.143. The van der Waals surface area contributed by atoms with Gasteiger partial charge in [0.1, 0.15) is 18.2 Å². The fraction of sp³-hybridized carbons (Fsp3) is 0.375. The number of aromatic nitrogens is 1. The van der Waals surface area contributed by atoms with Gasteiger partial charge in [-0.2, -0.15) is 0 Å². The highest BCUT2D eigenvalue weighted by atomic mass is 35.5. The second-order valence-corrected chi connectivity index (χ2v) is 5.43. The number of carbonyl (C=O) groups is 1. The quantitative estimate of drug-likeness (QED) is 0.786. The molecule has 0 aliphatic rings. The highest BCUT2D eigenvalue weighted by Gasteiger charge is 2.15. The Morgan fingerprint density at radius 3 is 2.92 bits per heavy atom. The van der Waals surface area contributed by atoms with Crippen molar-refractivity contribution in [3.05, 3.63) is 46.6 Å². The van der Waals surface area contributed by atoms with Gasteiger partial charge in [-0.1, -0.05) is 23.7 Å². The van der Waals surface area contributed by atoms with Gasteiger partial charge in [0.25, 0.3) is 5.91 Å². The zero-order valence-electron chi connectivity index (χ0n) is 13.3. The predicted molar refractivity (Wildman–Crippen MR) is 85.7 cm³/mol. The molecule has 2 rings (SSSR count). The molecule has 1 atom stereocenters. The summed E-state index contributed by atoms with van der Waals surface area (Å²) in [6, 6.07) is 5.27. The van der Waals surface area contributed by atoms with Crippen molar-refractivity contribution in [1.82, 2.24) is 10.5 Å². The average molecular weight is 357 g/mol. The van der Waals surface area contributed by atoms with Gasteiger partial charge in [0.05, 0.1) is 11.1 Å². The van der Waals surface area contributed by atoms with Gasteiger partial charge in [-0.25, -0.2) is 4.39 Å². The smallest absolute Gasteiger partial charge is 0.273 e. The summed E-state index contributed by atoms with van der Waals surface area (Å²) >= 11 is 5.86. The SMILES string of the molecule is CCC(CNC(=O)c1cc(COc2ccc(F)cc2Cl)on1)OC. The largest absolute Gasteiger partial charge is 0.484 e. The van der Waals surface area contributed by atoms with Gasteiger partial charge < -0.3 is 19.3 Å². The Balaban J connectivity index is 1.89. The Morgan fingerprint density at radius 2 is 2.25 bits per heavy atom. The molecule has 0 radical (unpaired) electrons. The average Bonchev–Trinajstić information content (AvgIpc) is 3.04. The van der Waals surface area contributed by atoms with E-state index < -0.39 is 5.82 Å². The van der Waals surface area contributed by atoms with Crippen molar-refractivity contribution in [3.63, 3.8) is 0 Å². The van der Waals surface area contributed by atoms with Crippen LogP contribution in [0.15, 0.2) is 28.8 Å². The first-order chi connectivity index (χ1) is 11.5. The molecular formula is C16H18ClFN2O4. The number of benzene rings is 1. The monoisotopic (exact) mass is 356 g/mol. The fourth-order valence-corrected chi connectivity index (χ4v) is 2.14. The number of amides is 1. The number of nitrogens with zero attached hydrogens (tertiary/aromatic N) is 1. The fourth-order valence-electron chi connectivity index (χ4n) is 1.92. The second kappa shape index (κ2) is 8.65. The summed E-state index contributed by atoms with van der Waals surface area (Å²) in [6.07, 6.45) is 0.733. The summed E-state index contributed by atoms with van der Waals surface area (Å²) in [6.45, 7) is 2.36. The van der Waals surface area contributed by atoms with Gasteiger partial charge in [-0.3, -0.25) is 4.79 Å². The van der Waals surface area contributed by atoms with Crippen LogP contribution in [0.25, 0.3) is 0 Å². The van der Waals surface area contributed by atoms with Crippen LogP contribution in [0.3, 0.4) is 0 Å². The van der Waals surface area contributed by atoms with Crippen LogP contribution < -0.4 is 10.1 Å². The van der Waals surface area contributed by atoms with Crippen molar-refractivity contribution in [2.75, 3.05) is 13.7 Å². The molecule has 0 saturated carbocycles. The maximum Gasteiger partial charge on any atom is 0.273 e. The molecule has 0 saturated heterocycles. The molecule has 1 aromatic carbocycles. The highest BCUT2D eigenvalue weighted by molar-refractivity contribution is 6.32. The molecule has 1 heterocycles. The number of halogens is 2. The lowest BCUT2D eigenvalue weighted by Crippen LogP contribution is -2.32. The van der Waals surface area contributed by atoms with Crippen LogP contribution in [0.5, 0.6) is 5.75 Å². The van der Waals surface area contributed by atoms with Crippen LogP contribution in [0, 0.1) is 5.82 Å². The normalized spacial score (nSPS) is 12.0. The number of carbonyl (C=O) groups excluding carboxylic acids is 1. The minimum atomic E-state index is -0.451. The molecule has 1 N–H and O–H groups in total. The van der Waals surface area contributed by atoms with Gasteiger partial charge in [-0.05, 0) is 24.6 Å². The molecular weight excluding hydrogens is 339 g/mol. The van der Waals surface area contributed by atoms with Crippen LogP contribution in [-0.2, 0) is 11.3 Å². The minimum absolute atomic E-state index is 0.0152. The first kappa shape index (κ1) is 18.2. The van der Waals surface area contributed by atoms with Gasteiger partial charge in [-0.15, -0.1) is 0 Å². The lowest BCUT2D eigenvalue weighted by molar-refractivity contribution is 0.0809. The van der Waals surface area contributed by atoms with Gasteiger partial charge in [0.2, 0.25) is 0 Å². The summed E-state index contributed by atoms with van der Waals surface area (Å²) in [5.74, 6) is -0.154. The Bertz CT molecular complexity index is 688. The topological polar surface area (TPSA) is 73.6 Å². The van der Waals surface area contributed by atoms with E-state index in [4.69, 9.17) is 25.6 Å². The van der Waals surface area contributed by atoms with Crippen molar-refractivity contribution in [2.45, 2.75) is 26.1 Å². The van der Waals surface area contributed by atoms with Gasteiger partial charge in [0, 0.05) is 19.7 Å².